The maximum absolute atomic E-state index is 9.74. The maximum Gasteiger partial charge on any atom is 0.212 e. The van der Waals surface area contributed by atoms with Crippen LogP contribution in [0, 0.1) is 5.92 Å². The molecule has 0 aliphatic rings. The van der Waals surface area contributed by atoms with E-state index >= 15 is 0 Å². The third-order valence-corrected chi connectivity index (χ3v) is 2.22. The van der Waals surface area contributed by atoms with Gasteiger partial charge in [-0.3, -0.25) is 0 Å². The Kier molecular flexibility index (Phi) is 4.56. The standard InChI is InChI=1S/C12H19NO2/c1-9(2)6-11(14)7-10-4-5-12(15-3)13-8-10/h4-5,8-9,11,14H,6-7H2,1-3H3. The van der Waals surface area contributed by atoms with Crippen LogP contribution >= 0.6 is 0 Å². The number of hydrogen-bond acceptors (Lipinski definition) is 3. The first-order valence-electron chi connectivity index (χ1n) is 5.28. The highest BCUT2D eigenvalue weighted by Gasteiger charge is 2.08. The van der Waals surface area contributed by atoms with Gasteiger partial charge in [-0.1, -0.05) is 19.9 Å². The Labute approximate surface area is 91.1 Å². The van der Waals surface area contributed by atoms with E-state index in [1.807, 2.05) is 12.1 Å². The molecule has 3 heteroatoms. The average Bonchev–Trinajstić information content (AvgIpc) is 2.17. The van der Waals surface area contributed by atoms with Crippen LogP contribution in [-0.4, -0.2) is 23.3 Å². The van der Waals surface area contributed by atoms with Gasteiger partial charge in [-0.2, -0.15) is 0 Å². The zero-order valence-electron chi connectivity index (χ0n) is 9.60. The summed E-state index contributed by atoms with van der Waals surface area (Å²) in [6.07, 6.45) is 2.96. The Bertz CT molecular complexity index is 282. The topological polar surface area (TPSA) is 42.4 Å². The van der Waals surface area contributed by atoms with Crippen LogP contribution in [0.3, 0.4) is 0 Å². The molecule has 0 aromatic carbocycles. The number of ether oxygens (including phenoxy) is 1. The van der Waals surface area contributed by atoms with E-state index in [2.05, 4.69) is 18.8 Å². The van der Waals surface area contributed by atoms with Crippen molar-refractivity contribution >= 4 is 0 Å². The van der Waals surface area contributed by atoms with Crippen LogP contribution in [0.25, 0.3) is 0 Å². The molecule has 1 N–H and O–H groups in total. The molecule has 3 nitrogen and oxygen atoms in total. The number of pyridine rings is 1. The minimum absolute atomic E-state index is 0.278. The highest BCUT2D eigenvalue weighted by atomic mass is 16.5. The van der Waals surface area contributed by atoms with Crippen LogP contribution in [0.2, 0.25) is 0 Å². The summed E-state index contributed by atoms with van der Waals surface area (Å²) in [5, 5.41) is 9.74. The maximum atomic E-state index is 9.74. The normalized spacial score (nSPS) is 12.9. The molecule has 0 spiro atoms. The fraction of sp³-hybridized carbons (Fsp3) is 0.583. The Morgan fingerprint density at radius 3 is 2.60 bits per heavy atom. The monoisotopic (exact) mass is 209 g/mol. The van der Waals surface area contributed by atoms with Gasteiger partial charge in [0.1, 0.15) is 0 Å². The van der Waals surface area contributed by atoms with Gasteiger partial charge in [-0.25, -0.2) is 4.98 Å². The number of hydrogen-bond donors (Lipinski definition) is 1. The molecule has 1 heterocycles. The molecule has 0 saturated heterocycles. The minimum atomic E-state index is -0.278. The number of aliphatic hydroxyl groups is 1. The van der Waals surface area contributed by atoms with E-state index in [1.54, 1.807) is 13.3 Å². The third-order valence-electron chi connectivity index (χ3n) is 2.22. The number of aliphatic hydroxyl groups excluding tert-OH is 1. The van der Waals surface area contributed by atoms with Crippen molar-refractivity contribution in [3.8, 4) is 5.88 Å². The van der Waals surface area contributed by atoms with Gasteiger partial charge in [0, 0.05) is 12.3 Å². The van der Waals surface area contributed by atoms with E-state index in [0.29, 0.717) is 18.2 Å². The third kappa shape index (κ3) is 4.30. The molecule has 0 amide bonds. The molecule has 0 radical (unpaired) electrons. The van der Waals surface area contributed by atoms with E-state index < -0.39 is 0 Å². The van der Waals surface area contributed by atoms with E-state index in [4.69, 9.17) is 4.74 Å². The predicted molar refractivity (Wildman–Crippen MR) is 60.0 cm³/mol. The van der Waals surface area contributed by atoms with Crippen LogP contribution in [0.15, 0.2) is 18.3 Å². The van der Waals surface area contributed by atoms with Gasteiger partial charge >= 0.3 is 0 Å². The SMILES string of the molecule is COc1ccc(CC(O)CC(C)C)cn1. The van der Waals surface area contributed by atoms with Crippen LogP contribution in [-0.2, 0) is 6.42 Å². The molecular weight excluding hydrogens is 190 g/mol. The molecule has 1 unspecified atom stereocenters. The number of methoxy groups -OCH3 is 1. The second-order valence-electron chi connectivity index (χ2n) is 4.20. The van der Waals surface area contributed by atoms with Gasteiger partial charge < -0.3 is 9.84 Å². The van der Waals surface area contributed by atoms with Gasteiger partial charge in [-0.15, -0.1) is 0 Å². The Hall–Kier alpha value is -1.09. The van der Waals surface area contributed by atoms with E-state index in [1.165, 1.54) is 0 Å². The largest absolute Gasteiger partial charge is 0.481 e. The summed E-state index contributed by atoms with van der Waals surface area (Å²) in [4.78, 5) is 4.10. The highest BCUT2D eigenvalue weighted by molar-refractivity contribution is 5.18. The lowest BCUT2D eigenvalue weighted by Crippen LogP contribution is -2.13. The summed E-state index contributed by atoms with van der Waals surface area (Å²) in [6.45, 7) is 4.21. The van der Waals surface area contributed by atoms with Crippen molar-refractivity contribution in [2.75, 3.05) is 7.11 Å². The average molecular weight is 209 g/mol. The summed E-state index contributed by atoms with van der Waals surface area (Å²) in [5.41, 5.74) is 1.05. The van der Waals surface area contributed by atoms with Gasteiger partial charge in [0.25, 0.3) is 0 Å². The summed E-state index contributed by atoms with van der Waals surface area (Å²) in [7, 11) is 1.59. The lowest BCUT2D eigenvalue weighted by molar-refractivity contribution is 0.149. The molecule has 1 aromatic heterocycles. The molecule has 0 aliphatic heterocycles. The van der Waals surface area contributed by atoms with E-state index in [9.17, 15) is 5.11 Å². The zero-order valence-corrected chi connectivity index (χ0v) is 9.60. The van der Waals surface area contributed by atoms with Crippen molar-refractivity contribution in [1.82, 2.24) is 4.98 Å². The molecule has 84 valence electrons. The van der Waals surface area contributed by atoms with Gasteiger partial charge in [-0.05, 0) is 24.3 Å². The van der Waals surface area contributed by atoms with Crippen LogP contribution in [0.5, 0.6) is 5.88 Å². The van der Waals surface area contributed by atoms with Crippen molar-refractivity contribution in [2.45, 2.75) is 32.8 Å². The quantitative estimate of drug-likeness (QED) is 0.807. The van der Waals surface area contributed by atoms with Crippen LogP contribution in [0.4, 0.5) is 0 Å². The molecule has 15 heavy (non-hydrogen) atoms. The first-order chi connectivity index (χ1) is 7.11. The molecule has 0 saturated carbocycles. The van der Waals surface area contributed by atoms with Crippen LogP contribution in [0.1, 0.15) is 25.8 Å². The zero-order chi connectivity index (χ0) is 11.3. The molecule has 0 fully saturated rings. The number of nitrogens with zero attached hydrogens (tertiary/aromatic N) is 1. The van der Waals surface area contributed by atoms with Crippen molar-refractivity contribution in [3.63, 3.8) is 0 Å². The van der Waals surface area contributed by atoms with Gasteiger partial charge in [0.2, 0.25) is 5.88 Å². The van der Waals surface area contributed by atoms with Crippen molar-refractivity contribution < 1.29 is 9.84 Å². The summed E-state index contributed by atoms with van der Waals surface area (Å²) in [5.74, 6) is 1.13. The van der Waals surface area contributed by atoms with Crippen molar-refractivity contribution in [2.24, 2.45) is 5.92 Å². The molecular formula is C12H19NO2. The van der Waals surface area contributed by atoms with Gasteiger partial charge in [0.15, 0.2) is 0 Å². The Balaban J connectivity index is 2.49. The number of rotatable bonds is 5. The first kappa shape index (κ1) is 12.0. The molecule has 1 atom stereocenters. The summed E-state index contributed by atoms with van der Waals surface area (Å²) in [6, 6.07) is 3.76. The fourth-order valence-electron chi connectivity index (χ4n) is 1.55. The Morgan fingerprint density at radius 1 is 1.40 bits per heavy atom. The molecule has 0 aliphatic carbocycles. The lowest BCUT2D eigenvalue weighted by atomic mass is 10.0. The van der Waals surface area contributed by atoms with E-state index in [0.717, 1.165) is 12.0 Å². The highest BCUT2D eigenvalue weighted by Crippen LogP contribution is 2.12. The molecule has 1 aromatic rings. The molecule has 0 bridgehead atoms. The van der Waals surface area contributed by atoms with Crippen LogP contribution < -0.4 is 4.74 Å². The Morgan fingerprint density at radius 2 is 2.13 bits per heavy atom. The first-order valence-corrected chi connectivity index (χ1v) is 5.28. The smallest absolute Gasteiger partial charge is 0.212 e. The second-order valence-corrected chi connectivity index (χ2v) is 4.20. The van der Waals surface area contributed by atoms with Crippen molar-refractivity contribution in [3.05, 3.63) is 23.9 Å². The predicted octanol–water partition coefficient (Wildman–Crippen LogP) is 2.04. The minimum Gasteiger partial charge on any atom is -0.481 e. The second kappa shape index (κ2) is 5.71. The van der Waals surface area contributed by atoms with Gasteiger partial charge in [0.05, 0.1) is 13.2 Å². The van der Waals surface area contributed by atoms with Crippen molar-refractivity contribution in [1.29, 1.82) is 0 Å². The fourth-order valence-corrected chi connectivity index (χ4v) is 1.55. The molecule has 1 rings (SSSR count). The summed E-state index contributed by atoms with van der Waals surface area (Å²) >= 11 is 0. The number of aromatic nitrogens is 1. The lowest BCUT2D eigenvalue weighted by Gasteiger charge is -2.12. The summed E-state index contributed by atoms with van der Waals surface area (Å²) < 4.78 is 4.97. The van der Waals surface area contributed by atoms with E-state index in [-0.39, 0.29) is 6.10 Å².